The van der Waals surface area contributed by atoms with Gasteiger partial charge in [-0.05, 0) is 41.8 Å². The monoisotopic (exact) mass is 421 g/mol. The molecule has 0 spiro atoms. The molecule has 160 valence electrons. The first-order valence-electron chi connectivity index (χ1n) is 10.9. The number of rotatable bonds is 5. The summed E-state index contributed by atoms with van der Waals surface area (Å²) in [6.07, 6.45) is 4.88. The molecule has 6 rings (SSSR count). The van der Waals surface area contributed by atoms with E-state index in [0.29, 0.717) is 28.4 Å². The number of halogens is 2. The minimum Gasteiger partial charge on any atom is -0.382 e. The minimum atomic E-state index is -0.710. The van der Waals surface area contributed by atoms with Crippen molar-refractivity contribution >= 4 is 10.9 Å². The van der Waals surface area contributed by atoms with Crippen molar-refractivity contribution in [3.63, 3.8) is 0 Å². The van der Waals surface area contributed by atoms with Crippen LogP contribution < -0.4 is 0 Å². The second-order valence-electron chi connectivity index (χ2n) is 9.13. The van der Waals surface area contributed by atoms with Gasteiger partial charge in [0.1, 0.15) is 30.3 Å². The minimum absolute atomic E-state index is 0.0941. The summed E-state index contributed by atoms with van der Waals surface area (Å²) in [4.78, 5) is 4.43. The van der Waals surface area contributed by atoms with Crippen LogP contribution in [0.15, 0.2) is 67.4 Å². The number of pyridine rings is 1. The van der Waals surface area contributed by atoms with Crippen molar-refractivity contribution < 1.29 is 18.4 Å². The number of hydrogen-bond donors (Lipinski definition) is 1. The van der Waals surface area contributed by atoms with E-state index < -0.39 is 11.9 Å². The standard InChI is InChI=1S/C26H27F2N2O/c1-2-17-15-30(16-19-13-20(27)7-8-23(19)28)12-10-18(17)14-25(30)26(31)22-9-11-29-24-6-4-3-5-21(22)24/h2-9,11,13,17-18,25-26,31H,1,10,12,14-16H2/q+1/t17-,18-,25-,26+,30-/m0/s1. The Labute approximate surface area is 181 Å². The maximum Gasteiger partial charge on any atom is 0.132 e. The molecule has 1 N–H and O–H groups in total. The summed E-state index contributed by atoms with van der Waals surface area (Å²) in [6, 6.07) is 13.3. The van der Waals surface area contributed by atoms with Crippen LogP contribution in [-0.4, -0.2) is 33.7 Å². The van der Waals surface area contributed by atoms with Crippen molar-refractivity contribution in [3.05, 3.63) is 90.1 Å². The lowest BCUT2D eigenvalue weighted by Crippen LogP contribution is -2.67. The van der Waals surface area contributed by atoms with Gasteiger partial charge >= 0.3 is 0 Å². The van der Waals surface area contributed by atoms with E-state index >= 15 is 0 Å². The molecule has 0 radical (unpaired) electrons. The second kappa shape index (κ2) is 7.81. The molecule has 0 saturated carbocycles. The molecule has 2 aromatic carbocycles. The summed E-state index contributed by atoms with van der Waals surface area (Å²) in [7, 11) is 0. The molecule has 3 fully saturated rings. The maximum atomic E-state index is 14.6. The smallest absolute Gasteiger partial charge is 0.132 e. The summed E-state index contributed by atoms with van der Waals surface area (Å²) < 4.78 is 29.1. The fourth-order valence-electron chi connectivity index (χ4n) is 5.97. The number of hydrogen-bond acceptors (Lipinski definition) is 2. The van der Waals surface area contributed by atoms with Crippen LogP contribution in [0.3, 0.4) is 0 Å². The summed E-state index contributed by atoms with van der Waals surface area (Å²) in [6.45, 7) is 6.02. The third kappa shape index (κ3) is 3.46. The molecule has 4 heterocycles. The average molecular weight is 422 g/mol. The Morgan fingerprint density at radius 3 is 2.87 bits per heavy atom. The summed E-state index contributed by atoms with van der Waals surface area (Å²) in [5.74, 6) is -0.0380. The largest absolute Gasteiger partial charge is 0.382 e. The van der Waals surface area contributed by atoms with E-state index in [4.69, 9.17) is 0 Å². The van der Waals surface area contributed by atoms with E-state index in [1.54, 1.807) is 6.20 Å². The van der Waals surface area contributed by atoms with E-state index in [2.05, 4.69) is 11.6 Å². The first kappa shape index (κ1) is 20.3. The first-order valence-corrected chi connectivity index (χ1v) is 10.9. The van der Waals surface area contributed by atoms with E-state index in [1.807, 2.05) is 36.4 Å². The highest BCUT2D eigenvalue weighted by atomic mass is 19.1. The summed E-state index contributed by atoms with van der Waals surface area (Å²) >= 11 is 0. The highest BCUT2D eigenvalue weighted by Gasteiger charge is 2.54. The van der Waals surface area contributed by atoms with Gasteiger partial charge in [-0.3, -0.25) is 4.98 Å². The number of aliphatic hydroxyl groups is 1. The van der Waals surface area contributed by atoms with Crippen LogP contribution >= 0.6 is 0 Å². The van der Waals surface area contributed by atoms with E-state index in [1.165, 1.54) is 12.1 Å². The fraction of sp³-hybridized carbons (Fsp3) is 0.346. The molecule has 5 heteroatoms. The zero-order chi connectivity index (χ0) is 21.6. The van der Waals surface area contributed by atoms with E-state index in [9.17, 15) is 13.9 Å². The van der Waals surface area contributed by atoms with Crippen LogP contribution in [-0.2, 0) is 6.54 Å². The molecule has 3 nitrogen and oxygen atoms in total. The Morgan fingerprint density at radius 2 is 2.03 bits per heavy atom. The van der Waals surface area contributed by atoms with E-state index in [-0.39, 0.29) is 11.9 Å². The Hall–Kier alpha value is -2.63. The molecule has 1 aromatic heterocycles. The maximum absolute atomic E-state index is 14.6. The van der Waals surface area contributed by atoms with Crippen LogP contribution in [0.2, 0.25) is 0 Å². The number of nitrogens with zero attached hydrogens (tertiary/aromatic N) is 2. The number of aliphatic hydroxyl groups excluding tert-OH is 1. The van der Waals surface area contributed by atoms with Crippen molar-refractivity contribution in [2.24, 2.45) is 11.8 Å². The lowest BCUT2D eigenvalue weighted by molar-refractivity contribution is -0.985. The van der Waals surface area contributed by atoms with Crippen molar-refractivity contribution in [3.8, 4) is 0 Å². The number of quaternary nitrogens is 1. The lowest BCUT2D eigenvalue weighted by atomic mass is 9.71. The summed E-state index contributed by atoms with van der Waals surface area (Å²) in [5, 5.41) is 12.6. The van der Waals surface area contributed by atoms with Gasteiger partial charge in [-0.1, -0.05) is 24.3 Å². The Balaban J connectivity index is 1.57. The molecule has 0 aliphatic carbocycles. The predicted octanol–water partition coefficient (Wildman–Crippen LogP) is 5.16. The second-order valence-corrected chi connectivity index (χ2v) is 9.13. The number of benzene rings is 2. The SMILES string of the molecule is C=C[C@H]1C[N@+]2(Cc3cc(F)ccc3F)CC[C@H]1C[C@H]2[C@H](O)c1ccnc2ccccc12. The molecule has 31 heavy (non-hydrogen) atoms. The van der Waals surface area contributed by atoms with E-state index in [0.717, 1.165) is 48.5 Å². The zero-order valence-electron chi connectivity index (χ0n) is 17.4. The van der Waals surface area contributed by atoms with Gasteiger partial charge in [0.15, 0.2) is 0 Å². The molecule has 2 bridgehead atoms. The van der Waals surface area contributed by atoms with Gasteiger partial charge in [-0.2, -0.15) is 0 Å². The van der Waals surface area contributed by atoms with Gasteiger partial charge in [0.25, 0.3) is 0 Å². The van der Waals surface area contributed by atoms with Gasteiger partial charge < -0.3 is 9.59 Å². The van der Waals surface area contributed by atoms with Crippen molar-refractivity contribution in [2.45, 2.75) is 31.5 Å². The van der Waals surface area contributed by atoms with Crippen molar-refractivity contribution in [1.29, 1.82) is 0 Å². The van der Waals surface area contributed by atoms with Crippen LogP contribution in [0.1, 0.15) is 30.1 Å². The van der Waals surface area contributed by atoms with Gasteiger partial charge in [-0.15, -0.1) is 6.58 Å². The zero-order valence-corrected chi connectivity index (χ0v) is 17.4. The number of aromatic nitrogens is 1. The molecule has 5 atom stereocenters. The third-order valence-corrected chi connectivity index (χ3v) is 7.53. The van der Waals surface area contributed by atoms with Gasteiger partial charge in [0.2, 0.25) is 0 Å². The predicted molar refractivity (Wildman–Crippen MR) is 117 cm³/mol. The van der Waals surface area contributed by atoms with Crippen LogP contribution in [0, 0.1) is 23.5 Å². The van der Waals surface area contributed by atoms with Crippen LogP contribution in [0.5, 0.6) is 0 Å². The number of piperidine rings is 3. The third-order valence-electron chi connectivity index (χ3n) is 7.53. The molecule has 3 aliphatic heterocycles. The van der Waals surface area contributed by atoms with Crippen LogP contribution in [0.4, 0.5) is 8.78 Å². The Morgan fingerprint density at radius 1 is 1.19 bits per heavy atom. The first-order chi connectivity index (χ1) is 15.0. The average Bonchev–Trinajstić information content (AvgIpc) is 2.80. The molecular weight excluding hydrogens is 394 g/mol. The van der Waals surface area contributed by atoms with Gasteiger partial charge in [0, 0.05) is 35.9 Å². The Bertz CT molecular complexity index is 1130. The molecule has 0 amide bonds. The van der Waals surface area contributed by atoms with Gasteiger partial charge in [-0.25, -0.2) is 8.78 Å². The fourth-order valence-corrected chi connectivity index (χ4v) is 5.97. The molecule has 0 unspecified atom stereocenters. The van der Waals surface area contributed by atoms with Crippen molar-refractivity contribution in [1.82, 2.24) is 4.98 Å². The Kier molecular flexibility index (Phi) is 5.11. The quantitative estimate of drug-likeness (QED) is 0.456. The topological polar surface area (TPSA) is 33.1 Å². The molecular formula is C26H27F2N2O+. The molecule has 3 aliphatic rings. The number of para-hydroxylation sites is 1. The highest BCUT2D eigenvalue weighted by molar-refractivity contribution is 5.82. The summed E-state index contributed by atoms with van der Waals surface area (Å²) in [5.41, 5.74) is 2.08. The van der Waals surface area contributed by atoms with Crippen molar-refractivity contribution in [2.75, 3.05) is 13.1 Å². The lowest BCUT2D eigenvalue weighted by Gasteiger charge is -2.58. The number of fused-ring (bicyclic) bond motifs is 4. The van der Waals surface area contributed by atoms with Gasteiger partial charge in [0.05, 0.1) is 18.6 Å². The normalized spacial score (nSPS) is 28.5. The highest BCUT2D eigenvalue weighted by Crippen LogP contribution is 2.48. The van der Waals surface area contributed by atoms with Crippen LogP contribution in [0.25, 0.3) is 10.9 Å². The molecule has 3 saturated heterocycles. The molecule has 3 aromatic rings.